The zero-order valence-corrected chi connectivity index (χ0v) is 11.5. The quantitative estimate of drug-likeness (QED) is 0.831. The van der Waals surface area contributed by atoms with Crippen LogP contribution in [0.15, 0.2) is 0 Å². The lowest BCUT2D eigenvalue weighted by Crippen LogP contribution is -2.52. The van der Waals surface area contributed by atoms with Gasteiger partial charge in [-0.3, -0.25) is 4.79 Å². The Morgan fingerprint density at radius 3 is 2.42 bits per heavy atom. The molecular weight excluding hydrogens is 257 g/mol. The lowest BCUT2D eigenvalue weighted by Gasteiger charge is -2.34. The molecule has 0 heterocycles. The number of nitrogens with two attached hydrogens (primary N) is 1. The Hall–Kier alpha value is -0.780. The summed E-state index contributed by atoms with van der Waals surface area (Å²) in [5.41, 5.74) is 5.70. The molecule has 6 heteroatoms. The van der Waals surface area contributed by atoms with Gasteiger partial charge in [0.15, 0.2) is 0 Å². The van der Waals surface area contributed by atoms with Crippen LogP contribution in [-0.4, -0.2) is 24.2 Å². The molecule has 0 saturated heterocycles. The molecule has 1 aliphatic carbocycles. The van der Waals surface area contributed by atoms with Crippen molar-refractivity contribution in [1.29, 1.82) is 0 Å². The van der Waals surface area contributed by atoms with Gasteiger partial charge in [0.05, 0.1) is 12.0 Å². The summed E-state index contributed by atoms with van der Waals surface area (Å²) in [6, 6.07) is -1.55. The first-order valence-electron chi connectivity index (χ1n) is 6.84. The third kappa shape index (κ3) is 5.01. The van der Waals surface area contributed by atoms with E-state index in [1.807, 2.05) is 13.8 Å². The highest BCUT2D eigenvalue weighted by Crippen LogP contribution is 2.37. The van der Waals surface area contributed by atoms with Crippen LogP contribution in [0.2, 0.25) is 0 Å². The monoisotopic (exact) mass is 280 g/mol. The maximum Gasteiger partial charge on any atom is 0.393 e. The molecule has 0 aliphatic heterocycles. The number of carbonyl (C=O) groups excluding carboxylic acids is 1. The van der Waals surface area contributed by atoms with Crippen molar-refractivity contribution in [2.45, 2.75) is 64.2 Å². The van der Waals surface area contributed by atoms with Crippen LogP contribution in [0.5, 0.6) is 0 Å². The fraction of sp³-hybridized carbons (Fsp3) is 0.923. The van der Waals surface area contributed by atoms with Crippen LogP contribution in [-0.2, 0) is 4.79 Å². The number of carbonyl (C=O) groups is 1. The summed E-state index contributed by atoms with van der Waals surface area (Å²) >= 11 is 0. The number of hydrogen-bond acceptors (Lipinski definition) is 2. The Bertz CT molecular complexity index is 305. The molecule has 1 amide bonds. The summed E-state index contributed by atoms with van der Waals surface area (Å²) in [7, 11) is 0. The highest BCUT2D eigenvalue weighted by Gasteiger charge is 2.46. The van der Waals surface area contributed by atoms with Gasteiger partial charge < -0.3 is 11.1 Å². The maximum atomic E-state index is 12.9. The number of rotatable bonds is 4. The lowest BCUT2D eigenvalue weighted by molar-refractivity contribution is -0.189. The summed E-state index contributed by atoms with van der Waals surface area (Å²) in [6.07, 6.45) is -2.01. The molecule has 0 radical (unpaired) electrons. The fourth-order valence-electron chi connectivity index (χ4n) is 2.60. The predicted octanol–water partition coefficient (Wildman–Crippen LogP) is 2.60. The van der Waals surface area contributed by atoms with E-state index in [9.17, 15) is 18.0 Å². The summed E-state index contributed by atoms with van der Waals surface area (Å²) < 4.78 is 38.6. The van der Waals surface area contributed by atoms with Crippen molar-refractivity contribution in [3.05, 3.63) is 0 Å². The fourth-order valence-corrected chi connectivity index (χ4v) is 2.60. The van der Waals surface area contributed by atoms with Crippen LogP contribution in [0.25, 0.3) is 0 Å². The Kier molecular flexibility index (Phi) is 5.64. The largest absolute Gasteiger partial charge is 0.393 e. The van der Waals surface area contributed by atoms with Crippen molar-refractivity contribution in [3.8, 4) is 0 Å². The summed E-state index contributed by atoms with van der Waals surface area (Å²) in [6.45, 7) is 3.85. The van der Waals surface area contributed by atoms with Gasteiger partial charge in [0.2, 0.25) is 5.91 Å². The van der Waals surface area contributed by atoms with Gasteiger partial charge in [-0.1, -0.05) is 26.7 Å². The molecule has 1 saturated carbocycles. The molecule has 112 valence electrons. The van der Waals surface area contributed by atoms with Crippen LogP contribution in [0.1, 0.15) is 46.0 Å². The zero-order chi connectivity index (χ0) is 14.6. The topological polar surface area (TPSA) is 55.1 Å². The minimum atomic E-state index is -4.25. The van der Waals surface area contributed by atoms with Gasteiger partial charge in [0, 0.05) is 6.04 Å². The molecule has 0 bridgehead atoms. The van der Waals surface area contributed by atoms with Crippen molar-refractivity contribution < 1.29 is 18.0 Å². The van der Waals surface area contributed by atoms with Gasteiger partial charge in [-0.15, -0.1) is 0 Å². The van der Waals surface area contributed by atoms with E-state index in [-0.39, 0.29) is 12.3 Å². The summed E-state index contributed by atoms with van der Waals surface area (Å²) in [4.78, 5) is 11.8. The molecule has 19 heavy (non-hydrogen) atoms. The number of halogens is 3. The normalized spacial score (nSPS) is 26.3. The third-order valence-corrected chi connectivity index (χ3v) is 3.58. The maximum absolute atomic E-state index is 12.9. The van der Waals surface area contributed by atoms with Crippen LogP contribution >= 0.6 is 0 Å². The molecule has 3 N–H and O–H groups in total. The first-order valence-corrected chi connectivity index (χ1v) is 6.84. The molecule has 1 aliphatic rings. The van der Waals surface area contributed by atoms with Gasteiger partial charge in [-0.2, -0.15) is 13.2 Å². The predicted molar refractivity (Wildman–Crippen MR) is 67.4 cm³/mol. The molecule has 1 rings (SSSR count). The minimum Gasteiger partial charge on any atom is -0.351 e. The molecule has 0 aromatic carbocycles. The molecule has 1 fully saturated rings. The van der Waals surface area contributed by atoms with Crippen LogP contribution < -0.4 is 11.1 Å². The Morgan fingerprint density at radius 1 is 1.32 bits per heavy atom. The van der Waals surface area contributed by atoms with E-state index in [0.29, 0.717) is 19.3 Å². The van der Waals surface area contributed by atoms with Crippen molar-refractivity contribution >= 4 is 5.91 Å². The van der Waals surface area contributed by atoms with Crippen molar-refractivity contribution in [2.75, 3.05) is 0 Å². The van der Waals surface area contributed by atoms with Gasteiger partial charge >= 0.3 is 6.18 Å². The van der Waals surface area contributed by atoms with E-state index < -0.39 is 30.1 Å². The molecule has 0 aromatic rings. The van der Waals surface area contributed by atoms with Gasteiger partial charge in [-0.25, -0.2) is 0 Å². The van der Waals surface area contributed by atoms with E-state index >= 15 is 0 Å². The number of hydrogen-bond donors (Lipinski definition) is 2. The molecule has 0 spiro atoms. The van der Waals surface area contributed by atoms with Crippen LogP contribution in [0.3, 0.4) is 0 Å². The van der Waals surface area contributed by atoms with E-state index in [4.69, 9.17) is 5.73 Å². The standard InChI is InChI=1S/C13H23F3N2O/c1-8(2)7-10(17)12(19)18-11-6-4-3-5-9(11)13(14,15)16/h8-11H,3-7,17H2,1-2H3,(H,18,19). The average molecular weight is 280 g/mol. The molecule has 3 unspecified atom stereocenters. The second kappa shape index (κ2) is 6.59. The SMILES string of the molecule is CC(C)CC(N)C(=O)NC1CCCCC1C(F)(F)F. The number of alkyl halides is 3. The minimum absolute atomic E-state index is 0.0911. The van der Waals surface area contributed by atoms with Crippen molar-refractivity contribution in [3.63, 3.8) is 0 Å². The summed E-state index contributed by atoms with van der Waals surface area (Å²) in [5, 5.41) is 2.50. The van der Waals surface area contributed by atoms with Crippen molar-refractivity contribution in [1.82, 2.24) is 5.32 Å². The second-order valence-electron chi connectivity index (χ2n) is 5.78. The Labute approximate surface area is 112 Å². The van der Waals surface area contributed by atoms with E-state index in [1.54, 1.807) is 0 Å². The highest BCUT2D eigenvalue weighted by atomic mass is 19.4. The van der Waals surface area contributed by atoms with Crippen LogP contribution in [0.4, 0.5) is 13.2 Å². The van der Waals surface area contributed by atoms with E-state index in [0.717, 1.165) is 6.42 Å². The second-order valence-corrected chi connectivity index (χ2v) is 5.78. The van der Waals surface area contributed by atoms with Crippen LogP contribution in [0, 0.1) is 11.8 Å². The Balaban J connectivity index is 2.60. The number of amides is 1. The van der Waals surface area contributed by atoms with E-state index in [1.165, 1.54) is 0 Å². The van der Waals surface area contributed by atoms with E-state index in [2.05, 4.69) is 5.32 Å². The Morgan fingerprint density at radius 2 is 1.89 bits per heavy atom. The van der Waals surface area contributed by atoms with Gasteiger partial charge in [0.1, 0.15) is 0 Å². The first-order chi connectivity index (χ1) is 8.71. The first kappa shape index (κ1) is 16.3. The molecular formula is C13H23F3N2O. The van der Waals surface area contributed by atoms with Crippen molar-refractivity contribution in [2.24, 2.45) is 17.6 Å². The van der Waals surface area contributed by atoms with Gasteiger partial charge in [0.25, 0.3) is 0 Å². The lowest BCUT2D eigenvalue weighted by atomic mass is 9.83. The number of nitrogens with one attached hydrogen (secondary N) is 1. The molecule has 0 aromatic heterocycles. The average Bonchev–Trinajstić information content (AvgIpc) is 2.27. The molecule has 3 nitrogen and oxygen atoms in total. The smallest absolute Gasteiger partial charge is 0.351 e. The molecule has 3 atom stereocenters. The highest BCUT2D eigenvalue weighted by molar-refractivity contribution is 5.81. The van der Waals surface area contributed by atoms with Gasteiger partial charge in [-0.05, 0) is 25.2 Å². The zero-order valence-electron chi connectivity index (χ0n) is 11.5. The summed E-state index contributed by atoms with van der Waals surface area (Å²) in [5.74, 6) is -1.66. The third-order valence-electron chi connectivity index (χ3n) is 3.58.